The van der Waals surface area contributed by atoms with E-state index in [0.717, 1.165) is 25.9 Å². The van der Waals surface area contributed by atoms with Gasteiger partial charge >= 0.3 is 5.97 Å². The summed E-state index contributed by atoms with van der Waals surface area (Å²) < 4.78 is 59.6. The zero-order chi connectivity index (χ0) is 29.3. The summed E-state index contributed by atoms with van der Waals surface area (Å²) in [5.41, 5.74) is 0. The Morgan fingerprint density at radius 1 is 0.512 bits per heavy atom. The first-order chi connectivity index (χ1) is 20.3. The fraction of sp³-hybridized carbons (Fsp3) is 0.964. The number of esters is 1. The molecule has 1 N–H and O–H groups in total. The zero-order valence-electron chi connectivity index (χ0n) is 25.2. The second kappa shape index (κ2) is 32.0. The van der Waals surface area contributed by atoms with Gasteiger partial charge in [0.15, 0.2) is 0 Å². The van der Waals surface area contributed by atoms with Gasteiger partial charge in [0.2, 0.25) is 0 Å². The Morgan fingerprint density at radius 2 is 0.829 bits per heavy atom. The number of hydrogen-bond acceptors (Lipinski definition) is 13. The van der Waals surface area contributed by atoms with Crippen molar-refractivity contribution in [2.75, 3.05) is 145 Å². The normalized spacial score (nSPS) is 14.1. The monoisotopic (exact) mass is 597 g/mol. The summed E-state index contributed by atoms with van der Waals surface area (Å²) in [5, 5.41) is 3.32. The minimum atomic E-state index is -0.248. The predicted molar refractivity (Wildman–Crippen MR) is 150 cm³/mol. The van der Waals surface area contributed by atoms with Gasteiger partial charge in [-0.3, -0.25) is 4.79 Å². The number of piperidine rings is 1. The van der Waals surface area contributed by atoms with E-state index in [-0.39, 0.29) is 12.4 Å². The molecule has 1 saturated heterocycles. The van der Waals surface area contributed by atoms with Gasteiger partial charge in [-0.1, -0.05) is 0 Å². The molecule has 1 heterocycles. The Bertz CT molecular complexity index is 540. The van der Waals surface area contributed by atoms with E-state index in [1.807, 2.05) is 0 Å². The molecule has 0 amide bonds. The van der Waals surface area contributed by atoms with Crippen LogP contribution in [0.1, 0.15) is 26.2 Å². The minimum Gasteiger partial charge on any atom is -0.466 e. The number of hydrogen-bond donors (Lipinski definition) is 1. The maximum Gasteiger partial charge on any atom is 0.308 e. The molecule has 0 spiro atoms. The van der Waals surface area contributed by atoms with E-state index < -0.39 is 0 Å². The molecule has 1 aliphatic rings. The number of ether oxygens (including phenoxy) is 11. The molecule has 1 fully saturated rings. The Morgan fingerprint density at radius 3 is 1.17 bits per heavy atom. The highest BCUT2D eigenvalue weighted by Gasteiger charge is 2.12. The van der Waals surface area contributed by atoms with E-state index >= 15 is 0 Å². The first kappa shape index (κ1) is 38.1. The molecule has 1 aliphatic heterocycles. The summed E-state index contributed by atoms with van der Waals surface area (Å²) in [5.74, 6) is -0.248. The van der Waals surface area contributed by atoms with Crippen LogP contribution in [0.5, 0.6) is 0 Å². The van der Waals surface area contributed by atoms with Crippen LogP contribution >= 0.6 is 0 Å². The zero-order valence-corrected chi connectivity index (χ0v) is 25.2. The van der Waals surface area contributed by atoms with Crippen LogP contribution in [-0.4, -0.2) is 157 Å². The number of rotatable bonds is 32. The predicted octanol–water partition coefficient (Wildman–Crippen LogP) is 0.858. The molecule has 1 rings (SSSR count). The summed E-state index contributed by atoms with van der Waals surface area (Å²) in [6.07, 6.45) is 2.79. The first-order valence-corrected chi connectivity index (χ1v) is 15.0. The van der Waals surface area contributed by atoms with Crippen LogP contribution in [0.2, 0.25) is 0 Å². The molecule has 0 aliphatic carbocycles. The molecule has 0 bridgehead atoms. The van der Waals surface area contributed by atoms with E-state index in [2.05, 4.69) is 5.32 Å². The Kier molecular flexibility index (Phi) is 29.7. The number of carbonyl (C=O) groups excluding carboxylic acids is 1. The highest BCUT2D eigenvalue weighted by atomic mass is 16.6. The van der Waals surface area contributed by atoms with E-state index in [0.29, 0.717) is 138 Å². The third-order valence-corrected chi connectivity index (χ3v) is 5.60. The van der Waals surface area contributed by atoms with Crippen LogP contribution in [0.25, 0.3) is 0 Å². The highest BCUT2D eigenvalue weighted by Crippen LogP contribution is 2.06. The quantitative estimate of drug-likeness (QED) is 0.0870. The molecule has 0 aromatic rings. The van der Waals surface area contributed by atoms with Crippen LogP contribution < -0.4 is 5.32 Å². The summed E-state index contributed by atoms with van der Waals surface area (Å²) in [7, 11) is 0. The molecule has 0 atom stereocenters. The molecule has 244 valence electrons. The molecule has 0 aromatic carbocycles. The van der Waals surface area contributed by atoms with Crippen molar-refractivity contribution in [2.24, 2.45) is 0 Å². The van der Waals surface area contributed by atoms with Crippen molar-refractivity contribution < 1.29 is 56.9 Å². The maximum absolute atomic E-state index is 11.1. The summed E-state index contributed by atoms with van der Waals surface area (Å²) in [4.78, 5) is 11.1. The van der Waals surface area contributed by atoms with Gasteiger partial charge in [0.05, 0.1) is 145 Å². The lowest BCUT2D eigenvalue weighted by Crippen LogP contribution is -2.33. The summed E-state index contributed by atoms with van der Waals surface area (Å²) in [6, 6.07) is 0. The second-order valence-electron chi connectivity index (χ2n) is 8.89. The molecule has 13 nitrogen and oxygen atoms in total. The van der Waals surface area contributed by atoms with Crippen LogP contribution in [0.4, 0.5) is 0 Å². The van der Waals surface area contributed by atoms with Crippen LogP contribution in [0.15, 0.2) is 0 Å². The topological polar surface area (TPSA) is 131 Å². The van der Waals surface area contributed by atoms with Gasteiger partial charge in [0.25, 0.3) is 0 Å². The molecule has 13 heteroatoms. The van der Waals surface area contributed by atoms with Gasteiger partial charge in [-0.2, -0.15) is 0 Å². The van der Waals surface area contributed by atoms with Crippen molar-refractivity contribution in [3.05, 3.63) is 0 Å². The third kappa shape index (κ3) is 28.9. The van der Waals surface area contributed by atoms with Crippen molar-refractivity contribution in [2.45, 2.75) is 32.3 Å². The lowest BCUT2D eigenvalue weighted by atomic mass is 10.1. The SMILES string of the molecule is CCOC(=O)CCOCCOCCOCCOCCOCCOCCOCCOCCOCCOC1CCNCC1. The van der Waals surface area contributed by atoms with E-state index in [4.69, 9.17) is 52.1 Å². The van der Waals surface area contributed by atoms with E-state index in [1.165, 1.54) is 0 Å². The first-order valence-electron chi connectivity index (χ1n) is 15.0. The summed E-state index contributed by atoms with van der Waals surface area (Å²) >= 11 is 0. The molecule has 41 heavy (non-hydrogen) atoms. The van der Waals surface area contributed by atoms with Gasteiger partial charge in [0.1, 0.15) is 0 Å². The third-order valence-electron chi connectivity index (χ3n) is 5.60. The van der Waals surface area contributed by atoms with Crippen molar-refractivity contribution in [1.82, 2.24) is 5.32 Å². The fourth-order valence-corrected chi connectivity index (χ4v) is 3.49. The van der Waals surface area contributed by atoms with Crippen molar-refractivity contribution in [3.8, 4) is 0 Å². The maximum atomic E-state index is 11.1. The number of carbonyl (C=O) groups is 1. The molecular weight excluding hydrogens is 542 g/mol. The van der Waals surface area contributed by atoms with Crippen LogP contribution in [0.3, 0.4) is 0 Å². The van der Waals surface area contributed by atoms with Gasteiger partial charge in [-0.25, -0.2) is 0 Å². The summed E-state index contributed by atoms with van der Waals surface area (Å²) in [6.45, 7) is 13.9. The van der Waals surface area contributed by atoms with Gasteiger partial charge in [0, 0.05) is 0 Å². The van der Waals surface area contributed by atoms with E-state index in [9.17, 15) is 4.79 Å². The van der Waals surface area contributed by atoms with Crippen molar-refractivity contribution >= 4 is 5.97 Å². The standard InChI is InChI=1S/C28H55NO12/c1-2-40-28(30)5-8-31-9-10-32-11-12-33-13-14-34-15-16-35-17-18-36-19-20-37-21-22-38-23-24-39-25-26-41-27-3-6-29-7-4-27/h27,29H,2-26H2,1H3. The average Bonchev–Trinajstić information content (AvgIpc) is 2.99. The molecule has 0 radical (unpaired) electrons. The van der Waals surface area contributed by atoms with Crippen molar-refractivity contribution in [3.63, 3.8) is 0 Å². The van der Waals surface area contributed by atoms with Gasteiger partial charge in [-0.05, 0) is 32.9 Å². The van der Waals surface area contributed by atoms with Crippen LogP contribution in [-0.2, 0) is 56.9 Å². The molecular formula is C28H55NO12. The minimum absolute atomic E-state index is 0.248. The van der Waals surface area contributed by atoms with Gasteiger partial charge < -0.3 is 57.4 Å². The van der Waals surface area contributed by atoms with Crippen LogP contribution in [0, 0.1) is 0 Å². The van der Waals surface area contributed by atoms with Crippen molar-refractivity contribution in [1.29, 1.82) is 0 Å². The lowest BCUT2D eigenvalue weighted by molar-refractivity contribution is -0.144. The molecule has 0 aromatic heterocycles. The molecule has 0 unspecified atom stereocenters. The smallest absolute Gasteiger partial charge is 0.308 e. The largest absolute Gasteiger partial charge is 0.466 e. The lowest BCUT2D eigenvalue weighted by Gasteiger charge is -2.22. The highest BCUT2D eigenvalue weighted by molar-refractivity contribution is 5.69. The Labute approximate surface area is 246 Å². The van der Waals surface area contributed by atoms with Gasteiger partial charge in [-0.15, -0.1) is 0 Å². The number of nitrogens with one attached hydrogen (secondary N) is 1. The Balaban J connectivity index is 1.62. The van der Waals surface area contributed by atoms with E-state index in [1.54, 1.807) is 6.92 Å². The average molecular weight is 598 g/mol. The Hall–Kier alpha value is -0.970. The molecule has 0 saturated carbocycles. The fourth-order valence-electron chi connectivity index (χ4n) is 3.49. The second-order valence-corrected chi connectivity index (χ2v) is 8.89.